The Kier molecular flexibility index (Phi) is 6.45. The molecule has 0 saturated heterocycles. The van der Waals surface area contributed by atoms with Crippen molar-refractivity contribution < 1.29 is 4.74 Å². The minimum atomic E-state index is 0.333. The van der Waals surface area contributed by atoms with Crippen molar-refractivity contribution in [3.8, 4) is 5.75 Å². The van der Waals surface area contributed by atoms with Crippen LogP contribution < -0.4 is 4.74 Å². The molecule has 3 aromatic rings. The molecule has 0 unspecified atom stereocenters. The first-order chi connectivity index (χ1) is 12.7. The van der Waals surface area contributed by atoms with Gasteiger partial charge in [0.05, 0.1) is 5.75 Å². The van der Waals surface area contributed by atoms with E-state index in [9.17, 15) is 0 Å². The highest BCUT2D eigenvalue weighted by Crippen LogP contribution is 2.21. The van der Waals surface area contributed by atoms with Crippen molar-refractivity contribution in [3.05, 3.63) is 40.9 Å². The van der Waals surface area contributed by atoms with Crippen molar-refractivity contribution in [2.24, 2.45) is 7.05 Å². The highest BCUT2D eigenvalue weighted by Gasteiger charge is 2.13. The summed E-state index contributed by atoms with van der Waals surface area (Å²) in [5.74, 6) is 2.96. The van der Waals surface area contributed by atoms with Crippen molar-refractivity contribution in [1.29, 1.82) is 0 Å². The predicted octanol–water partition coefficient (Wildman–Crippen LogP) is 3.13. The van der Waals surface area contributed by atoms with E-state index in [4.69, 9.17) is 16.3 Å². The standard InChI is InChI=1S/C16H20ClN7OS/c1-3-4-9-24-15(19-21-22-24)11-26-16-20-18-14(23(16)2)10-25-13-7-5-12(17)6-8-13/h5-8H,3-4,9-11H2,1-2H3. The van der Waals surface area contributed by atoms with Crippen LogP contribution in [0.3, 0.4) is 0 Å². The number of thioether (sulfide) groups is 1. The van der Waals surface area contributed by atoms with Crippen LogP contribution in [0.1, 0.15) is 31.4 Å². The first kappa shape index (κ1) is 18.7. The second-order valence-electron chi connectivity index (χ2n) is 5.66. The number of hydrogen-bond acceptors (Lipinski definition) is 7. The number of halogens is 1. The van der Waals surface area contributed by atoms with Gasteiger partial charge in [-0.25, -0.2) is 4.68 Å². The van der Waals surface area contributed by atoms with E-state index < -0.39 is 0 Å². The van der Waals surface area contributed by atoms with Crippen molar-refractivity contribution in [2.45, 2.75) is 43.8 Å². The van der Waals surface area contributed by atoms with Crippen molar-refractivity contribution in [3.63, 3.8) is 0 Å². The van der Waals surface area contributed by atoms with E-state index in [1.165, 1.54) is 0 Å². The topological polar surface area (TPSA) is 83.5 Å². The summed E-state index contributed by atoms with van der Waals surface area (Å²) < 4.78 is 9.49. The van der Waals surface area contributed by atoms with Gasteiger partial charge in [-0.3, -0.25) is 0 Å². The number of aromatic nitrogens is 7. The van der Waals surface area contributed by atoms with Crippen LogP contribution in [-0.4, -0.2) is 35.0 Å². The lowest BCUT2D eigenvalue weighted by atomic mass is 10.3. The van der Waals surface area contributed by atoms with Crippen molar-refractivity contribution in [1.82, 2.24) is 35.0 Å². The van der Waals surface area contributed by atoms with E-state index in [0.29, 0.717) is 17.4 Å². The maximum atomic E-state index is 5.87. The first-order valence-corrected chi connectivity index (χ1v) is 9.68. The minimum Gasteiger partial charge on any atom is -0.486 e. The van der Waals surface area contributed by atoms with Crippen LogP contribution in [0.2, 0.25) is 5.02 Å². The summed E-state index contributed by atoms with van der Waals surface area (Å²) in [6, 6.07) is 7.23. The fourth-order valence-electron chi connectivity index (χ4n) is 2.21. The summed E-state index contributed by atoms with van der Waals surface area (Å²) in [7, 11) is 1.92. The monoisotopic (exact) mass is 393 g/mol. The molecule has 0 amide bonds. The zero-order chi connectivity index (χ0) is 18.4. The normalized spacial score (nSPS) is 11.0. The molecule has 0 aliphatic rings. The SMILES string of the molecule is CCCCn1nnnc1CSc1nnc(COc2ccc(Cl)cc2)n1C. The summed E-state index contributed by atoms with van der Waals surface area (Å²) >= 11 is 7.42. The zero-order valence-electron chi connectivity index (χ0n) is 14.7. The third-order valence-electron chi connectivity index (χ3n) is 3.77. The van der Waals surface area contributed by atoms with Crippen LogP contribution in [0.4, 0.5) is 0 Å². The van der Waals surface area contributed by atoms with E-state index in [0.717, 1.165) is 41.9 Å². The van der Waals surface area contributed by atoms with Gasteiger partial charge >= 0.3 is 0 Å². The second kappa shape index (κ2) is 9.00. The molecule has 1 aromatic carbocycles. The molecule has 2 heterocycles. The highest BCUT2D eigenvalue weighted by atomic mass is 35.5. The number of ether oxygens (including phenoxy) is 1. The van der Waals surface area contributed by atoms with E-state index >= 15 is 0 Å². The van der Waals surface area contributed by atoms with Crippen molar-refractivity contribution >= 4 is 23.4 Å². The molecule has 26 heavy (non-hydrogen) atoms. The smallest absolute Gasteiger partial charge is 0.191 e. The summed E-state index contributed by atoms with van der Waals surface area (Å²) in [6.07, 6.45) is 2.16. The minimum absolute atomic E-state index is 0.333. The number of rotatable bonds is 9. The van der Waals surface area contributed by atoms with Gasteiger partial charge in [0.1, 0.15) is 12.4 Å². The molecule has 3 rings (SSSR count). The number of unbranched alkanes of at least 4 members (excludes halogenated alkanes) is 1. The Balaban J connectivity index is 1.57. The Bertz CT molecular complexity index is 833. The molecular weight excluding hydrogens is 374 g/mol. The quantitative estimate of drug-likeness (QED) is 0.516. The Hall–Kier alpha value is -2.13. The van der Waals surface area contributed by atoms with Crippen LogP contribution in [0.25, 0.3) is 0 Å². The van der Waals surface area contributed by atoms with Crippen LogP contribution in [0.15, 0.2) is 29.4 Å². The first-order valence-electron chi connectivity index (χ1n) is 8.32. The fourth-order valence-corrected chi connectivity index (χ4v) is 3.20. The Labute approximate surface area is 160 Å². The summed E-state index contributed by atoms with van der Waals surface area (Å²) in [5.41, 5.74) is 0. The molecule has 0 bridgehead atoms. The van der Waals surface area contributed by atoms with Gasteiger partial charge in [-0.2, -0.15) is 0 Å². The molecule has 0 radical (unpaired) electrons. The van der Waals surface area contributed by atoms with Gasteiger partial charge in [-0.1, -0.05) is 36.7 Å². The summed E-state index contributed by atoms with van der Waals surface area (Å²) in [4.78, 5) is 0. The summed E-state index contributed by atoms with van der Waals surface area (Å²) in [5, 5.41) is 21.8. The predicted molar refractivity (Wildman–Crippen MR) is 99.1 cm³/mol. The maximum absolute atomic E-state index is 5.87. The molecule has 0 fully saturated rings. The molecule has 10 heteroatoms. The van der Waals surface area contributed by atoms with Gasteiger partial charge in [0.2, 0.25) is 0 Å². The number of tetrazole rings is 1. The van der Waals surface area contributed by atoms with Gasteiger partial charge < -0.3 is 9.30 Å². The zero-order valence-corrected chi connectivity index (χ0v) is 16.2. The Morgan fingerprint density at radius 2 is 1.92 bits per heavy atom. The Morgan fingerprint density at radius 3 is 2.69 bits per heavy atom. The number of nitrogens with zero attached hydrogens (tertiary/aromatic N) is 7. The molecule has 0 atom stereocenters. The second-order valence-corrected chi connectivity index (χ2v) is 7.04. The third-order valence-corrected chi connectivity index (χ3v) is 5.03. The van der Waals surface area contributed by atoms with Crippen LogP contribution in [0, 0.1) is 0 Å². The van der Waals surface area contributed by atoms with Crippen LogP contribution in [-0.2, 0) is 26.0 Å². The lowest BCUT2D eigenvalue weighted by Crippen LogP contribution is -2.06. The fraction of sp³-hybridized carbons (Fsp3) is 0.438. The van der Waals surface area contributed by atoms with Crippen LogP contribution >= 0.6 is 23.4 Å². The van der Waals surface area contributed by atoms with E-state index in [2.05, 4.69) is 32.6 Å². The average molecular weight is 394 g/mol. The van der Waals surface area contributed by atoms with Crippen molar-refractivity contribution in [2.75, 3.05) is 0 Å². The van der Waals surface area contributed by atoms with E-state index in [-0.39, 0.29) is 0 Å². The lowest BCUT2D eigenvalue weighted by molar-refractivity contribution is 0.290. The van der Waals surface area contributed by atoms with E-state index in [1.54, 1.807) is 23.9 Å². The van der Waals surface area contributed by atoms with Gasteiger partial charge in [0.15, 0.2) is 16.8 Å². The molecule has 2 aromatic heterocycles. The largest absolute Gasteiger partial charge is 0.486 e. The molecule has 0 aliphatic heterocycles. The van der Waals surface area contributed by atoms with E-state index in [1.807, 2.05) is 28.4 Å². The molecular formula is C16H20ClN7OS. The van der Waals surface area contributed by atoms with Gasteiger partial charge in [-0.05, 0) is 41.1 Å². The molecule has 0 N–H and O–H groups in total. The molecule has 138 valence electrons. The maximum Gasteiger partial charge on any atom is 0.191 e. The number of benzene rings is 1. The van der Waals surface area contributed by atoms with Gasteiger partial charge in [0, 0.05) is 18.6 Å². The lowest BCUT2D eigenvalue weighted by Gasteiger charge is -2.07. The van der Waals surface area contributed by atoms with Gasteiger partial charge in [0.25, 0.3) is 0 Å². The Morgan fingerprint density at radius 1 is 1.12 bits per heavy atom. The number of aryl methyl sites for hydroxylation is 1. The highest BCUT2D eigenvalue weighted by molar-refractivity contribution is 7.98. The molecule has 0 aliphatic carbocycles. The molecule has 8 nitrogen and oxygen atoms in total. The van der Waals surface area contributed by atoms with Gasteiger partial charge in [-0.15, -0.1) is 15.3 Å². The third kappa shape index (κ3) is 4.73. The van der Waals surface area contributed by atoms with Crippen LogP contribution in [0.5, 0.6) is 5.75 Å². The molecule has 0 spiro atoms. The summed E-state index contributed by atoms with van der Waals surface area (Å²) in [6.45, 7) is 3.31. The molecule has 0 saturated carbocycles. The average Bonchev–Trinajstić information content (AvgIpc) is 3.24. The number of hydrogen-bond donors (Lipinski definition) is 0.